The van der Waals surface area contributed by atoms with Gasteiger partial charge < -0.3 is 15.4 Å². The zero-order valence-electron chi connectivity index (χ0n) is 11.4. The van der Waals surface area contributed by atoms with Gasteiger partial charge in [-0.05, 0) is 33.6 Å². The molecule has 1 heterocycles. The summed E-state index contributed by atoms with van der Waals surface area (Å²) in [6.45, 7) is 7.68. The summed E-state index contributed by atoms with van der Waals surface area (Å²) in [5, 5.41) is 6.65. The Morgan fingerprint density at radius 3 is 2.67 bits per heavy atom. The van der Waals surface area contributed by atoms with Gasteiger partial charge in [0.25, 0.3) is 0 Å². The first-order valence-electron chi connectivity index (χ1n) is 6.69. The van der Waals surface area contributed by atoms with E-state index in [0.717, 1.165) is 43.5 Å². The van der Waals surface area contributed by atoms with Crippen LogP contribution in [0.5, 0.6) is 0 Å². The van der Waals surface area contributed by atoms with Crippen LogP contribution in [-0.2, 0) is 4.74 Å². The van der Waals surface area contributed by atoms with Crippen LogP contribution in [0.3, 0.4) is 0 Å². The highest BCUT2D eigenvalue weighted by molar-refractivity contribution is 5.48. The van der Waals surface area contributed by atoms with Crippen LogP contribution in [0, 0.1) is 6.92 Å². The molecule has 2 N–H and O–H groups in total. The van der Waals surface area contributed by atoms with Crippen LogP contribution in [-0.4, -0.2) is 35.3 Å². The highest BCUT2D eigenvalue weighted by Crippen LogP contribution is 2.26. The van der Waals surface area contributed by atoms with E-state index in [2.05, 4.69) is 27.5 Å². The van der Waals surface area contributed by atoms with E-state index in [4.69, 9.17) is 4.74 Å². The van der Waals surface area contributed by atoms with Crippen molar-refractivity contribution in [1.29, 1.82) is 0 Å². The highest BCUT2D eigenvalue weighted by atomic mass is 16.5. The lowest BCUT2D eigenvalue weighted by Gasteiger charge is -2.35. The molecule has 1 aromatic heterocycles. The maximum atomic E-state index is 5.55. The number of hydrogen-bond donors (Lipinski definition) is 2. The number of aryl methyl sites for hydroxylation is 1. The van der Waals surface area contributed by atoms with Crippen molar-refractivity contribution >= 4 is 11.6 Å². The van der Waals surface area contributed by atoms with Gasteiger partial charge in [-0.2, -0.15) is 0 Å². The molecule has 18 heavy (non-hydrogen) atoms. The zero-order valence-corrected chi connectivity index (χ0v) is 11.4. The van der Waals surface area contributed by atoms with Crippen LogP contribution in [0.25, 0.3) is 0 Å². The van der Waals surface area contributed by atoms with Crippen molar-refractivity contribution in [2.75, 3.05) is 23.8 Å². The van der Waals surface area contributed by atoms with Gasteiger partial charge in [-0.3, -0.25) is 0 Å². The summed E-state index contributed by atoms with van der Waals surface area (Å²) in [5.74, 6) is 2.57. The van der Waals surface area contributed by atoms with Crippen molar-refractivity contribution in [2.24, 2.45) is 0 Å². The van der Waals surface area contributed by atoms with E-state index in [1.165, 1.54) is 0 Å². The molecule has 0 aromatic carbocycles. The van der Waals surface area contributed by atoms with Gasteiger partial charge in [0.15, 0.2) is 0 Å². The lowest BCUT2D eigenvalue weighted by atomic mass is 9.89. The number of hydrogen-bond acceptors (Lipinski definition) is 5. The monoisotopic (exact) mass is 250 g/mol. The molecule has 0 saturated heterocycles. The van der Waals surface area contributed by atoms with E-state index in [1.54, 1.807) is 0 Å². The first-order valence-corrected chi connectivity index (χ1v) is 6.69. The summed E-state index contributed by atoms with van der Waals surface area (Å²) in [4.78, 5) is 8.74. The van der Waals surface area contributed by atoms with Crippen molar-refractivity contribution in [3.63, 3.8) is 0 Å². The Bertz CT molecular complexity index is 391. The normalized spacial score (nSPS) is 22.4. The summed E-state index contributed by atoms with van der Waals surface area (Å²) in [7, 11) is 0. The van der Waals surface area contributed by atoms with Crippen LogP contribution < -0.4 is 10.6 Å². The molecular formula is C13H22N4O. The average molecular weight is 250 g/mol. The number of ether oxygens (including phenoxy) is 1. The van der Waals surface area contributed by atoms with Gasteiger partial charge in [-0.25, -0.2) is 9.97 Å². The van der Waals surface area contributed by atoms with Gasteiger partial charge in [0, 0.05) is 25.3 Å². The first-order chi connectivity index (χ1) is 8.71. The number of aromatic nitrogens is 2. The van der Waals surface area contributed by atoms with Gasteiger partial charge in [-0.1, -0.05) is 0 Å². The summed E-state index contributed by atoms with van der Waals surface area (Å²) in [6, 6.07) is 2.44. The lowest BCUT2D eigenvalue weighted by molar-refractivity contribution is 0.00292. The lowest BCUT2D eigenvalue weighted by Crippen LogP contribution is -2.41. The molecule has 0 bridgehead atoms. The maximum Gasteiger partial charge on any atom is 0.132 e. The minimum Gasteiger partial charge on any atom is -0.378 e. The molecule has 0 atom stereocenters. The van der Waals surface area contributed by atoms with Crippen LogP contribution >= 0.6 is 0 Å². The van der Waals surface area contributed by atoms with Crippen molar-refractivity contribution in [3.05, 3.63) is 11.9 Å². The molecule has 100 valence electrons. The number of nitrogens with one attached hydrogen (secondary N) is 2. The minimum atomic E-state index is 0.420. The Balaban J connectivity index is 1.90. The maximum absolute atomic E-state index is 5.55. The highest BCUT2D eigenvalue weighted by Gasteiger charge is 2.29. The fourth-order valence-electron chi connectivity index (χ4n) is 2.18. The molecule has 0 spiro atoms. The molecule has 1 saturated carbocycles. The Labute approximate surface area is 108 Å². The third-order valence-corrected chi connectivity index (χ3v) is 3.05. The summed E-state index contributed by atoms with van der Waals surface area (Å²) in [6.07, 6.45) is 2.55. The van der Waals surface area contributed by atoms with E-state index in [0.29, 0.717) is 12.1 Å². The van der Waals surface area contributed by atoms with Crippen LogP contribution in [0.1, 0.15) is 32.5 Å². The molecule has 1 aliphatic carbocycles. The Hall–Kier alpha value is -1.36. The standard InChI is InChI=1S/C13H22N4O/c1-4-14-12-8-13(16-9(3)15-12)17-10-6-11(7-10)18-5-2/h8,10-11H,4-7H2,1-3H3,(H2,14,15,16,17). The third kappa shape index (κ3) is 3.32. The predicted molar refractivity (Wildman–Crippen MR) is 73.0 cm³/mol. The van der Waals surface area contributed by atoms with Crippen LogP contribution in [0.2, 0.25) is 0 Å². The zero-order chi connectivity index (χ0) is 13.0. The molecule has 2 rings (SSSR count). The first kappa shape index (κ1) is 13.1. The van der Waals surface area contributed by atoms with Gasteiger partial charge in [0.1, 0.15) is 17.5 Å². The van der Waals surface area contributed by atoms with E-state index >= 15 is 0 Å². The van der Waals surface area contributed by atoms with E-state index in [1.807, 2.05) is 19.9 Å². The second-order valence-corrected chi connectivity index (χ2v) is 4.61. The molecule has 0 unspecified atom stereocenters. The second-order valence-electron chi connectivity index (χ2n) is 4.61. The molecule has 0 radical (unpaired) electrons. The quantitative estimate of drug-likeness (QED) is 0.810. The topological polar surface area (TPSA) is 59.1 Å². The minimum absolute atomic E-state index is 0.420. The Morgan fingerprint density at radius 1 is 1.28 bits per heavy atom. The van der Waals surface area contributed by atoms with Gasteiger partial charge in [-0.15, -0.1) is 0 Å². The third-order valence-electron chi connectivity index (χ3n) is 3.05. The fraction of sp³-hybridized carbons (Fsp3) is 0.692. The Morgan fingerprint density at radius 2 is 2.00 bits per heavy atom. The summed E-state index contributed by atoms with van der Waals surface area (Å²) >= 11 is 0. The molecule has 5 heteroatoms. The molecule has 0 amide bonds. The molecule has 1 fully saturated rings. The molecule has 1 aliphatic rings. The van der Waals surface area contributed by atoms with Crippen LogP contribution in [0.15, 0.2) is 6.07 Å². The molecule has 0 aliphatic heterocycles. The molecular weight excluding hydrogens is 228 g/mol. The predicted octanol–water partition coefficient (Wildman–Crippen LogP) is 2.20. The van der Waals surface area contributed by atoms with Gasteiger partial charge in [0.2, 0.25) is 0 Å². The molecule has 1 aromatic rings. The van der Waals surface area contributed by atoms with E-state index in [-0.39, 0.29) is 0 Å². The van der Waals surface area contributed by atoms with E-state index in [9.17, 15) is 0 Å². The SMILES string of the molecule is CCNc1cc(NC2CC(OCC)C2)nc(C)n1. The van der Waals surface area contributed by atoms with Crippen molar-refractivity contribution in [3.8, 4) is 0 Å². The van der Waals surface area contributed by atoms with Crippen molar-refractivity contribution < 1.29 is 4.74 Å². The number of nitrogens with zero attached hydrogens (tertiary/aromatic N) is 2. The summed E-state index contributed by atoms with van der Waals surface area (Å²) < 4.78 is 5.55. The second kappa shape index (κ2) is 6.00. The molecule has 5 nitrogen and oxygen atoms in total. The Kier molecular flexibility index (Phi) is 4.36. The van der Waals surface area contributed by atoms with Gasteiger partial charge in [0.05, 0.1) is 6.10 Å². The van der Waals surface area contributed by atoms with Crippen molar-refractivity contribution in [2.45, 2.75) is 45.8 Å². The number of anilines is 2. The van der Waals surface area contributed by atoms with Gasteiger partial charge >= 0.3 is 0 Å². The fourth-order valence-corrected chi connectivity index (χ4v) is 2.18. The largest absolute Gasteiger partial charge is 0.378 e. The number of rotatable bonds is 6. The van der Waals surface area contributed by atoms with E-state index < -0.39 is 0 Å². The summed E-state index contributed by atoms with van der Waals surface area (Å²) in [5.41, 5.74) is 0. The van der Waals surface area contributed by atoms with Crippen molar-refractivity contribution in [1.82, 2.24) is 9.97 Å². The van der Waals surface area contributed by atoms with Crippen LogP contribution in [0.4, 0.5) is 11.6 Å². The average Bonchev–Trinajstić information content (AvgIpc) is 2.26. The smallest absolute Gasteiger partial charge is 0.132 e.